The van der Waals surface area contributed by atoms with Gasteiger partial charge in [-0.1, -0.05) is 12.1 Å². The SMILES string of the molecule is CCC(CC(N)=NO)Nc1ccc(OC)cc1OC. The fraction of sp³-hybridized carbons (Fsp3) is 0.462. The van der Waals surface area contributed by atoms with E-state index in [4.69, 9.17) is 20.4 Å². The van der Waals surface area contributed by atoms with Crippen molar-refractivity contribution >= 4 is 11.5 Å². The van der Waals surface area contributed by atoms with Crippen LogP contribution in [0.4, 0.5) is 5.69 Å². The molecule has 106 valence electrons. The fourth-order valence-electron chi connectivity index (χ4n) is 1.73. The lowest BCUT2D eigenvalue weighted by Gasteiger charge is -2.19. The van der Waals surface area contributed by atoms with Crippen molar-refractivity contribution in [3.8, 4) is 11.5 Å². The quantitative estimate of drug-likeness (QED) is 0.304. The van der Waals surface area contributed by atoms with Gasteiger partial charge in [0, 0.05) is 18.5 Å². The number of nitrogens with zero attached hydrogens (tertiary/aromatic N) is 1. The molecular weight excluding hydrogens is 246 g/mol. The lowest BCUT2D eigenvalue weighted by atomic mass is 10.1. The Morgan fingerprint density at radius 3 is 2.68 bits per heavy atom. The summed E-state index contributed by atoms with van der Waals surface area (Å²) in [7, 11) is 3.21. The maximum Gasteiger partial charge on any atom is 0.145 e. The Morgan fingerprint density at radius 2 is 2.16 bits per heavy atom. The van der Waals surface area contributed by atoms with E-state index in [1.165, 1.54) is 0 Å². The molecule has 0 heterocycles. The van der Waals surface area contributed by atoms with Crippen molar-refractivity contribution in [3.05, 3.63) is 18.2 Å². The lowest BCUT2D eigenvalue weighted by Crippen LogP contribution is -2.26. The molecule has 1 rings (SSSR count). The van der Waals surface area contributed by atoms with Gasteiger partial charge < -0.3 is 25.7 Å². The molecule has 1 aromatic carbocycles. The van der Waals surface area contributed by atoms with E-state index in [0.29, 0.717) is 12.2 Å². The van der Waals surface area contributed by atoms with Crippen LogP contribution < -0.4 is 20.5 Å². The van der Waals surface area contributed by atoms with E-state index >= 15 is 0 Å². The van der Waals surface area contributed by atoms with E-state index in [-0.39, 0.29) is 11.9 Å². The second kappa shape index (κ2) is 7.35. The molecule has 0 spiro atoms. The number of hydrogen-bond donors (Lipinski definition) is 3. The molecule has 0 aliphatic rings. The summed E-state index contributed by atoms with van der Waals surface area (Å²) < 4.78 is 10.5. The van der Waals surface area contributed by atoms with Gasteiger partial charge in [-0.25, -0.2) is 0 Å². The van der Waals surface area contributed by atoms with Gasteiger partial charge >= 0.3 is 0 Å². The molecule has 0 aliphatic heterocycles. The van der Waals surface area contributed by atoms with E-state index in [2.05, 4.69) is 10.5 Å². The van der Waals surface area contributed by atoms with E-state index < -0.39 is 0 Å². The first-order chi connectivity index (χ1) is 9.14. The third kappa shape index (κ3) is 4.24. The second-order valence-electron chi connectivity index (χ2n) is 4.11. The van der Waals surface area contributed by atoms with Crippen molar-refractivity contribution in [1.82, 2.24) is 0 Å². The zero-order valence-electron chi connectivity index (χ0n) is 11.5. The molecule has 0 bridgehead atoms. The van der Waals surface area contributed by atoms with Crippen LogP contribution in [-0.4, -0.2) is 31.3 Å². The maximum atomic E-state index is 8.61. The van der Waals surface area contributed by atoms with Crippen LogP contribution in [0.3, 0.4) is 0 Å². The number of anilines is 1. The largest absolute Gasteiger partial charge is 0.497 e. The first-order valence-electron chi connectivity index (χ1n) is 6.09. The standard InChI is InChI=1S/C13H21N3O3/c1-4-9(7-13(14)16-17)15-11-6-5-10(18-2)8-12(11)19-3/h5-6,8-9,15,17H,4,7H2,1-3H3,(H2,14,16). The van der Waals surface area contributed by atoms with Crippen LogP contribution in [0.1, 0.15) is 19.8 Å². The van der Waals surface area contributed by atoms with Crippen LogP contribution >= 0.6 is 0 Å². The van der Waals surface area contributed by atoms with Crippen LogP contribution in [0.25, 0.3) is 0 Å². The highest BCUT2D eigenvalue weighted by atomic mass is 16.5. The Balaban J connectivity index is 2.84. The Bertz CT molecular complexity index is 435. The lowest BCUT2D eigenvalue weighted by molar-refractivity contribution is 0.316. The third-order valence-electron chi connectivity index (χ3n) is 2.85. The van der Waals surface area contributed by atoms with Crippen molar-refractivity contribution in [2.75, 3.05) is 19.5 Å². The van der Waals surface area contributed by atoms with Gasteiger partial charge in [-0.3, -0.25) is 0 Å². The minimum Gasteiger partial charge on any atom is -0.497 e. The highest BCUT2D eigenvalue weighted by Gasteiger charge is 2.12. The van der Waals surface area contributed by atoms with Crippen LogP contribution in [0.15, 0.2) is 23.4 Å². The number of benzene rings is 1. The molecule has 1 aromatic rings. The van der Waals surface area contributed by atoms with E-state index in [1.807, 2.05) is 19.1 Å². The normalized spacial score (nSPS) is 12.9. The highest BCUT2D eigenvalue weighted by molar-refractivity contribution is 5.80. The van der Waals surface area contributed by atoms with Crippen molar-refractivity contribution < 1.29 is 14.7 Å². The van der Waals surface area contributed by atoms with Crippen molar-refractivity contribution in [1.29, 1.82) is 0 Å². The fourth-order valence-corrected chi connectivity index (χ4v) is 1.73. The molecule has 6 heteroatoms. The molecule has 19 heavy (non-hydrogen) atoms. The van der Waals surface area contributed by atoms with Gasteiger partial charge in [-0.2, -0.15) is 0 Å². The molecule has 0 saturated heterocycles. The summed E-state index contributed by atoms with van der Waals surface area (Å²) in [5.74, 6) is 1.62. The van der Waals surface area contributed by atoms with Crippen LogP contribution in [-0.2, 0) is 0 Å². The molecule has 1 unspecified atom stereocenters. The average Bonchev–Trinajstić information content (AvgIpc) is 2.46. The summed E-state index contributed by atoms with van der Waals surface area (Å²) in [6, 6.07) is 5.60. The summed E-state index contributed by atoms with van der Waals surface area (Å²) in [5, 5.41) is 14.9. The molecule has 0 aliphatic carbocycles. The maximum absolute atomic E-state index is 8.61. The predicted molar refractivity (Wildman–Crippen MR) is 75.3 cm³/mol. The number of amidine groups is 1. The molecule has 4 N–H and O–H groups in total. The Kier molecular flexibility index (Phi) is 5.78. The molecule has 0 aromatic heterocycles. The number of ether oxygens (including phenoxy) is 2. The zero-order valence-corrected chi connectivity index (χ0v) is 11.5. The monoisotopic (exact) mass is 267 g/mol. The van der Waals surface area contributed by atoms with Gasteiger partial charge in [-0.15, -0.1) is 0 Å². The smallest absolute Gasteiger partial charge is 0.145 e. The summed E-state index contributed by atoms with van der Waals surface area (Å²) in [5.41, 5.74) is 6.38. The van der Waals surface area contributed by atoms with Gasteiger partial charge in [0.1, 0.15) is 17.3 Å². The molecular formula is C13H21N3O3. The molecule has 0 radical (unpaired) electrons. The topological polar surface area (TPSA) is 89.1 Å². The van der Waals surface area contributed by atoms with Crippen molar-refractivity contribution in [2.24, 2.45) is 10.9 Å². The summed E-state index contributed by atoms with van der Waals surface area (Å²) in [6.45, 7) is 2.03. The minimum absolute atomic E-state index is 0.0678. The Labute approximate surface area is 113 Å². The van der Waals surface area contributed by atoms with Gasteiger partial charge in [0.2, 0.25) is 0 Å². The Morgan fingerprint density at radius 1 is 1.42 bits per heavy atom. The highest BCUT2D eigenvalue weighted by Crippen LogP contribution is 2.30. The van der Waals surface area contributed by atoms with Crippen LogP contribution in [0, 0.1) is 0 Å². The number of nitrogens with one attached hydrogen (secondary N) is 1. The summed E-state index contributed by atoms with van der Waals surface area (Å²) in [4.78, 5) is 0. The van der Waals surface area contributed by atoms with Crippen molar-refractivity contribution in [3.63, 3.8) is 0 Å². The average molecular weight is 267 g/mol. The third-order valence-corrected chi connectivity index (χ3v) is 2.85. The van der Waals surface area contributed by atoms with Crippen LogP contribution in [0.5, 0.6) is 11.5 Å². The zero-order chi connectivity index (χ0) is 14.3. The number of oxime groups is 1. The first kappa shape index (κ1) is 14.9. The van der Waals surface area contributed by atoms with E-state index in [0.717, 1.165) is 17.9 Å². The van der Waals surface area contributed by atoms with Crippen LogP contribution in [0.2, 0.25) is 0 Å². The second-order valence-corrected chi connectivity index (χ2v) is 4.11. The molecule has 0 fully saturated rings. The van der Waals surface area contributed by atoms with Gasteiger partial charge in [-0.05, 0) is 18.6 Å². The first-order valence-corrected chi connectivity index (χ1v) is 6.09. The number of rotatable bonds is 7. The van der Waals surface area contributed by atoms with Gasteiger partial charge in [0.25, 0.3) is 0 Å². The minimum atomic E-state index is 0.0678. The van der Waals surface area contributed by atoms with Crippen molar-refractivity contribution in [2.45, 2.75) is 25.8 Å². The predicted octanol–water partition coefficient (Wildman–Crippen LogP) is 2.03. The molecule has 6 nitrogen and oxygen atoms in total. The van der Waals surface area contributed by atoms with Gasteiger partial charge in [0.15, 0.2) is 0 Å². The van der Waals surface area contributed by atoms with Gasteiger partial charge in [0.05, 0.1) is 19.9 Å². The number of nitrogens with two attached hydrogens (primary N) is 1. The number of hydrogen-bond acceptors (Lipinski definition) is 5. The molecule has 0 amide bonds. The number of methoxy groups -OCH3 is 2. The van der Waals surface area contributed by atoms with E-state index in [9.17, 15) is 0 Å². The summed E-state index contributed by atoms with van der Waals surface area (Å²) in [6.07, 6.45) is 1.30. The molecule has 1 atom stereocenters. The Hall–Kier alpha value is -2.11. The molecule has 0 saturated carbocycles. The van der Waals surface area contributed by atoms with E-state index in [1.54, 1.807) is 20.3 Å². The summed E-state index contributed by atoms with van der Waals surface area (Å²) >= 11 is 0.